The molecule has 5 nitrogen and oxygen atoms in total. The van der Waals surface area contributed by atoms with Gasteiger partial charge in [-0.25, -0.2) is 18.1 Å². The van der Waals surface area contributed by atoms with Crippen molar-refractivity contribution in [1.29, 1.82) is 0 Å². The fourth-order valence-electron chi connectivity index (χ4n) is 1.89. The van der Waals surface area contributed by atoms with E-state index in [0.29, 0.717) is 6.54 Å². The number of rotatable bonds is 5. The van der Waals surface area contributed by atoms with Crippen molar-refractivity contribution in [2.24, 2.45) is 0 Å². The first-order chi connectivity index (χ1) is 8.05. The zero-order valence-electron chi connectivity index (χ0n) is 9.77. The Bertz CT molecular complexity index is 464. The highest BCUT2D eigenvalue weighted by atomic mass is 32.2. The van der Waals surface area contributed by atoms with E-state index in [1.54, 1.807) is 6.20 Å². The van der Waals surface area contributed by atoms with Crippen LogP contribution in [0.3, 0.4) is 0 Å². The Morgan fingerprint density at radius 3 is 3.06 bits per heavy atom. The quantitative estimate of drug-likeness (QED) is 0.826. The van der Waals surface area contributed by atoms with E-state index in [-0.39, 0.29) is 11.8 Å². The van der Waals surface area contributed by atoms with Gasteiger partial charge in [0.05, 0.1) is 10.8 Å². The normalized spacial score (nSPS) is 20.9. The molecular weight excluding hydrogens is 258 g/mol. The van der Waals surface area contributed by atoms with Gasteiger partial charge in [0.2, 0.25) is 10.0 Å². The minimum atomic E-state index is -3.19. The first kappa shape index (κ1) is 12.9. The minimum absolute atomic E-state index is 0.107. The van der Waals surface area contributed by atoms with Crippen molar-refractivity contribution >= 4 is 21.4 Å². The van der Waals surface area contributed by atoms with Crippen LogP contribution in [0.15, 0.2) is 6.20 Å². The maximum absolute atomic E-state index is 11.8. The van der Waals surface area contributed by atoms with Gasteiger partial charge in [-0.3, -0.25) is 0 Å². The molecule has 2 N–H and O–H groups in total. The number of aryl methyl sites for hydroxylation is 1. The van der Waals surface area contributed by atoms with Crippen LogP contribution in [0, 0.1) is 6.92 Å². The van der Waals surface area contributed by atoms with E-state index in [9.17, 15) is 8.42 Å². The summed E-state index contributed by atoms with van der Waals surface area (Å²) in [4.78, 5) is 5.04. The highest BCUT2D eigenvalue weighted by Gasteiger charge is 2.21. The molecule has 17 heavy (non-hydrogen) atoms. The summed E-state index contributed by atoms with van der Waals surface area (Å²) in [6, 6.07) is 0.107. The van der Waals surface area contributed by atoms with Crippen molar-refractivity contribution in [2.75, 3.05) is 12.3 Å². The van der Waals surface area contributed by atoms with Crippen molar-refractivity contribution in [3.8, 4) is 0 Å². The lowest BCUT2D eigenvalue weighted by Crippen LogP contribution is -2.36. The third-order valence-corrected chi connectivity index (χ3v) is 5.06. The molecular formula is C10H17N3O2S2. The third kappa shape index (κ3) is 4.02. The number of nitrogens with one attached hydrogen (secondary N) is 2. The van der Waals surface area contributed by atoms with Gasteiger partial charge in [-0.2, -0.15) is 0 Å². The maximum atomic E-state index is 11.8. The molecule has 1 atom stereocenters. The summed E-state index contributed by atoms with van der Waals surface area (Å²) in [5.41, 5.74) is 0. The molecule has 0 amide bonds. The zero-order chi connectivity index (χ0) is 12.3. The van der Waals surface area contributed by atoms with E-state index < -0.39 is 10.0 Å². The SMILES string of the molecule is Cc1ncc(CNS(=O)(=O)CC2CCCN2)s1. The van der Waals surface area contributed by atoms with Gasteiger partial charge in [-0.05, 0) is 26.3 Å². The molecule has 0 aliphatic carbocycles. The zero-order valence-corrected chi connectivity index (χ0v) is 11.4. The van der Waals surface area contributed by atoms with Crippen molar-refractivity contribution in [3.63, 3.8) is 0 Å². The number of aromatic nitrogens is 1. The standard InChI is InChI=1S/C10H17N3O2S2/c1-8-12-5-10(16-8)6-13-17(14,15)7-9-3-2-4-11-9/h5,9,11,13H,2-4,6-7H2,1H3. The van der Waals surface area contributed by atoms with Crippen molar-refractivity contribution in [3.05, 3.63) is 16.1 Å². The molecule has 2 rings (SSSR count). The van der Waals surface area contributed by atoms with Crippen molar-refractivity contribution < 1.29 is 8.42 Å². The average molecular weight is 275 g/mol. The lowest BCUT2D eigenvalue weighted by molar-refractivity contribution is 0.564. The molecule has 1 aromatic rings. The van der Waals surface area contributed by atoms with Crippen molar-refractivity contribution in [1.82, 2.24) is 15.0 Å². The maximum Gasteiger partial charge on any atom is 0.213 e. The van der Waals surface area contributed by atoms with E-state index in [0.717, 1.165) is 29.3 Å². The lowest BCUT2D eigenvalue weighted by atomic mass is 10.3. The first-order valence-corrected chi connectivity index (χ1v) is 8.14. The Labute approximate surface area is 106 Å². The molecule has 0 saturated carbocycles. The fourth-order valence-corrected chi connectivity index (χ4v) is 4.02. The van der Waals surface area contributed by atoms with E-state index in [1.807, 2.05) is 6.92 Å². The second-order valence-electron chi connectivity index (χ2n) is 4.24. The second-order valence-corrected chi connectivity index (χ2v) is 7.41. The van der Waals surface area contributed by atoms with Crippen LogP contribution in [0.5, 0.6) is 0 Å². The monoisotopic (exact) mass is 275 g/mol. The summed E-state index contributed by atoms with van der Waals surface area (Å²) in [6.07, 6.45) is 3.73. The van der Waals surface area contributed by atoms with E-state index in [2.05, 4.69) is 15.0 Å². The van der Waals surface area contributed by atoms with Crippen LogP contribution in [0.4, 0.5) is 0 Å². The van der Waals surface area contributed by atoms with Gasteiger partial charge in [0.15, 0.2) is 0 Å². The summed E-state index contributed by atoms with van der Waals surface area (Å²) in [5.74, 6) is 0.171. The predicted molar refractivity (Wildman–Crippen MR) is 68.5 cm³/mol. The van der Waals surface area contributed by atoms with Crippen molar-refractivity contribution in [2.45, 2.75) is 32.4 Å². The molecule has 1 unspecified atom stereocenters. The number of nitrogens with zero attached hydrogens (tertiary/aromatic N) is 1. The Morgan fingerprint density at radius 1 is 1.65 bits per heavy atom. The summed E-state index contributed by atoms with van der Waals surface area (Å²) in [5, 5.41) is 4.14. The molecule has 1 aromatic heterocycles. The highest BCUT2D eigenvalue weighted by molar-refractivity contribution is 7.89. The van der Waals surface area contributed by atoms with Gasteiger partial charge in [0.25, 0.3) is 0 Å². The van der Waals surface area contributed by atoms with Crippen LogP contribution in [0.25, 0.3) is 0 Å². The molecule has 0 radical (unpaired) electrons. The Hall–Kier alpha value is -0.500. The summed E-state index contributed by atoms with van der Waals surface area (Å²) >= 11 is 1.52. The third-order valence-electron chi connectivity index (χ3n) is 2.72. The Kier molecular flexibility index (Phi) is 4.13. The molecule has 0 aromatic carbocycles. The molecule has 1 aliphatic rings. The van der Waals surface area contributed by atoms with Crippen LogP contribution in [0.2, 0.25) is 0 Å². The van der Waals surface area contributed by atoms with Crippen LogP contribution in [-0.2, 0) is 16.6 Å². The molecule has 96 valence electrons. The Morgan fingerprint density at radius 2 is 2.47 bits per heavy atom. The lowest BCUT2D eigenvalue weighted by Gasteiger charge is -2.11. The van der Waals surface area contributed by atoms with Gasteiger partial charge < -0.3 is 5.32 Å². The van der Waals surface area contributed by atoms with Gasteiger partial charge in [0, 0.05) is 23.7 Å². The minimum Gasteiger partial charge on any atom is -0.313 e. The van der Waals surface area contributed by atoms with Gasteiger partial charge in [-0.15, -0.1) is 11.3 Å². The van der Waals surface area contributed by atoms with Crippen LogP contribution in [0.1, 0.15) is 22.7 Å². The molecule has 1 saturated heterocycles. The molecule has 2 heterocycles. The van der Waals surface area contributed by atoms with Gasteiger partial charge >= 0.3 is 0 Å². The van der Waals surface area contributed by atoms with Crippen LogP contribution >= 0.6 is 11.3 Å². The summed E-state index contributed by atoms with van der Waals surface area (Å²) in [6.45, 7) is 3.18. The smallest absolute Gasteiger partial charge is 0.213 e. The second kappa shape index (κ2) is 5.43. The predicted octanol–water partition coefficient (Wildman–Crippen LogP) is 0.623. The number of hydrogen-bond donors (Lipinski definition) is 2. The summed E-state index contributed by atoms with van der Waals surface area (Å²) in [7, 11) is -3.19. The topological polar surface area (TPSA) is 71.1 Å². The molecule has 1 fully saturated rings. The number of sulfonamides is 1. The van der Waals surface area contributed by atoms with Crippen LogP contribution in [-0.4, -0.2) is 31.7 Å². The largest absolute Gasteiger partial charge is 0.313 e. The average Bonchev–Trinajstić information content (AvgIpc) is 2.86. The molecule has 7 heteroatoms. The van der Waals surface area contributed by atoms with E-state index in [4.69, 9.17) is 0 Å². The number of thiazole rings is 1. The van der Waals surface area contributed by atoms with E-state index >= 15 is 0 Å². The fraction of sp³-hybridized carbons (Fsp3) is 0.700. The molecule has 1 aliphatic heterocycles. The van der Waals surface area contributed by atoms with Crippen LogP contribution < -0.4 is 10.0 Å². The van der Waals surface area contributed by atoms with Gasteiger partial charge in [0.1, 0.15) is 0 Å². The molecule has 0 bridgehead atoms. The number of hydrogen-bond acceptors (Lipinski definition) is 5. The first-order valence-electron chi connectivity index (χ1n) is 5.67. The summed E-state index contributed by atoms with van der Waals surface area (Å²) < 4.78 is 26.2. The Balaban J connectivity index is 1.84. The molecule has 0 spiro atoms. The van der Waals surface area contributed by atoms with Gasteiger partial charge in [-0.1, -0.05) is 0 Å². The highest BCUT2D eigenvalue weighted by Crippen LogP contribution is 2.12. The van der Waals surface area contributed by atoms with E-state index in [1.165, 1.54) is 11.3 Å².